The third kappa shape index (κ3) is 5.59. The second-order valence-corrected chi connectivity index (χ2v) is 9.36. The fraction of sp³-hybridized carbons (Fsp3) is 0.368. The van der Waals surface area contributed by atoms with E-state index in [9.17, 15) is 17.9 Å². The van der Waals surface area contributed by atoms with Crippen molar-refractivity contribution in [1.82, 2.24) is 9.21 Å². The van der Waals surface area contributed by atoms with Crippen LogP contribution in [0.5, 0.6) is 5.75 Å². The summed E-state index contributed by atoms with van der Waals surface area (Å²) in [6, 6.07) is 10.1. The van der Waals surface area contributed by atoms with E-state index in [1.54, 1.807) is 6.07 Å². The second kappa shape index (κ2) is 9.59. The highest BCUT2D eigenvalue weighted by molar-refractivity contribution is 7.89. The number of hydrogen-bond donors (Lipinski definition) is 1. The van der Waals surface area contributed by atoms with Crippen molar-refractivity contribution in [3.05, 3.63) is 58.3 Å². The lowest BCUT2D eigenvalue weighted by Gasteiger charge is -2.35. The standard InChI is InChI=1S/C19H21Cl2FN2O4S/c20-17-2-1-3-18(21)19(17)29(26,27)24-10-8-23(9-11-24)12-15(25)13-28-16-6-4-14(22)5-7-16/h1-7,15,25H,8-13H2. The summed E-state index contributed by atoms with van der Waals surface area (Å²) in [5, 5.41) is 10.4. The van der Waals surface area contributed by atoms with Crippen LogP contribution in [-0.2, 0) is 10.0 Å². The molecule has 1 atom stereocenters. The quantitative estimate of drug-likeness (QED) is 0.684. The van der Waals surface area contributed by atoms with Crippen molar-refractivity contribution < 1.29 is 22.7 Å². The molecule has 1 saturated heterocycles. The van der Waals surface area contributed by atoms with E-state index in [0.29, 0.717) is 25.4 Å². The molecule has 0 spiro atoms. The molecule has 0 bridgehead atoms. The number of sulfonamides is 1. The molecule has 0 aliphatic carbocycles. The summed E-state index contributed by atoms with van der Waals surface area (Å²) in [5.41, 5.74) is 0. The number of rotatable bonds is 7. The van der Waals surface area contributed by atoms with E-state index in [4.69, 9.17) is 27.9 Å². The molecule has 1 N–H and O–H groups in total. The number of hydrogen-bond acceptors (Lipinski definition) is 5. The van der Waals surface area contributed by atoms with Crippen LogP contribution >= 0.6 is 23.2 Å². The Kier molecular flexibility index (Phi) is 7.37. The van der Waals surface area contributed by atoms with Crippen LogP contribution < -0.4 is 4.74 Å². The van der Waals surface area contributed by atoms with Crippen molar-refractivity contribution in [2.24, 2.45) is 0 Å². The number of piperazine rings is 1. The van der Waals surface area contributed by atoms with Crippen LogP contribution in [0.4, 0.5) is 4.39 Å². The molecular formula is C19H21Cl2FN2O4S. The molecule has 1 aliphatic rings. The minimum absolute atomic E-state index is 0.0549. The zero-order valence-corrected chi connectivity index (χ0v) is 17.8. The van der Waals surface area contributed by atoms with E-state index < -0.39 is 16.1 Å². The van der Waals surface area contributed by atoms with Gasteiger partial charge in [-0.2, -0.15) is 4.31 Å². The molecule has 0 saturated carbocycles. The van der Waals surface area contributed by atoms with Crippen LogP contribution in [-0.4, -0.2) is 68.2 Å². The molecule has 0 amide bonds. The molecule has 6 nitrogen and oxygen atoms in total. The van der Waals surface area contributed by atoms with Crippen LogP contribution in [0, 0.1) is 5.82 Å². The summed E-state index contributed by atoms with van der Waals surface area (Å²) >= 11 is 12.1. The normalized spacial score (nSPS) is 17.2. The Morgan fingerprint density at radius 3 is 2.21 bits per heavy atom. The molecule has 29 heavy (non-hydrogen) atoms. The second-order valence-electron chi connectivity index (χ2n) is 6.67. The fourth-order valence-corrected chi connectivity index (χ4v) is 5.60. The van der Waals surface area contributed by atoms with Gasteiger partial charge in [0.05, 0.1) is 10.0 Å². The number of aliphatic hydroxyl groups is 1. The van der Waals surface area contributed by atoms with Gasteiger partial charge in [-0.25, -0.2) is 12.8 Å². The summed E-state index contributed by atoms with van der Waals surface area (Å²) in [5.74, 6) is 0.113. The molecule has 2 aromatic carbocycles. The summed E-state index contributed by atoms with van der Waals surface area (Å²) in [7, 11) is -3.80. The first kappa shape index (κ1) is 22.3. The minimum atomic E-state index is -3.80. The Bertz CT molecular complexity index is 915. The zero-order chi connectivity index (χ0) is 21.0. The van der Waals surface area contributed by atoms with Crippen LogP contribution in [0.15, 0.2) is 47.4 Å². The first-order valence-corrected chi connectivity index (χ1v) is 11.2. The molecular weight excluding hydrogens is 442 g/mol. The maximum atomic E-state index is 12.9. The smallest absolute Gasteiger partial charge is 0.246 e. The average molecular weight is 463 g/mol. The number of benzene rings is 2. The van der Waals surface area contributed by atoms with Gasteiger partial charge in [0.1, 0.15) is 29.2 Å². The number of nitrogens with zero attached hydrogens (tertiary/aromatic N) is 2. The molecule has 1 heterocycles. The van der Waals surface area contributed by atoms with Crippen molar-refractivity contribution in [3.63, 3.8) is 0 Å². The molecule has 2 aromatic rings. The Morgan fingerprint density at radius 1 is 1.03 bits per heavy atom. The van der Waals surface area contributed by atoms with E-state index in [-0.39, 0.29) is 40.5 Å². The van der Waals surface area contributed by atoms with Crippen molar-refractivity contribution in [1.29, 1.82) is 0 Å². The third-order valence-electron chi connectivity index (χ3n) is 4.57. The van der Waals surface area contributed by atoms with Gasteiger partial charge in [-0.1, -0.05) is 29.3 Å². The fourth-order valence-electron chi connectivity index (χ4n) is 3.08. The topological polar surface area (TPSA) is 70.1 Å². The van der Waals surface area contributed by atoms with Gasteiger partial charge in [0.2, 0.25) is 10.0 Å². The molecule has 10 heteroatoms. The van der Waals surface area contributed by atoms with Crippen LogP contribution in [0.1, 0.15) is 0 Å². The number of ether oxygens (including phenoxy) is 1. The highest BCUT2D eigenvalue weighted by Crippen LogP contribution is 2.31. The minimum Gasteiger partial charge on any atom is -0.491 e. The Hall–Kier alpha value is -1.42. The SMILES string of the molecule is O=S(=O)(c1c(Cl)cccc1Cl)N1CCN(CC(O)COc2ccc(F)cc2)CC1. The van der Waals surface area contributed by atoms with E-state index >= 15 is 0 Å². The van der Waals surface area contributed by atoms with Crippen LogP contribution in [0.25, 0.3) is 0 Å². The molecule has 1 unspecified atom stereocenters. The van der Waals surface area contributed by atoms with Crippen molar-refractivity contribution >= 4 is 33.2 Å². The molecule has 3 rings (SSSR count). The molecule has 1 fully saturated rings. The van der Waals surface area contributed by atoms with Crippen molar-refractivity contribution in [2.45, 2.75) is 11.0 Å². The van der Waals surface area contributed by atoms with Gasteiger partial charge in [0.25, 0.3) is 0 Å². The predicted molar refractivity (Wildman–Crippen MR) is 110 cm³/mol. The molecule has 158 valence electrons. The first-order chi connectivity index (χ1) is 13.8. The van der Waals surface area contributed by atoms with Gasteiger partial charge in [-0.15, -0.1) is 0 Å². The van der Waals surface area contributed by atoms with Crippen LogP contribution in [0.2, 0.25) is 10.0 Å². The lowest BCUT2D eigenvalue weighted by Crippen LogP contribution is -2.50. The lowest BCUT2D eigenvalue weighted by atomic mass is 10.3. The van der Waals surface area contributed by atoms with E-state index in [0.717, 1.165) is 0 Å². The zero-order valence-electron chi connectivity index (χ0n) is 15.5. The first-order valence-electron chi connectivity index (χ1n) is 9.00. The van der Waals surface area contributed by atoms with Gasteiger partial charge in [-0.05, 0) is 36.4 Å². The Morgan fingerprint density at radius 2 is 1.62 bits per heavy atom. The van der Waals surface area contributed by atoms with Crippen molar-refractivity contribution in [3.8, 4) is 5.75 Å². The summed E-state index contributed by atoms with van der Waals surface area (Å²) in [4.78, 5) is 1.88. The monoisotopic (exact) mass is 462 g/mol. The number of aliphatic hydroxyl groups excluding tert-OH is 1. The predicted octanol–water partition coefficient (Wildman–Crippen LogP) is 2.88. The summed E-state index contributed by atoms with van der Waals surface area (Å²) < 4.78 is 45.4. The van der Waals surface area contributed by atoms with Gasteiger partial charge in [0.15, 0.2) is 0 Å². The van der Waals surface area contributed by atoms with Gasteiger partial charge < -0.3 is 9.84 Å². The number of halogens is 3. The highest BCUT2D eigenvalue weighted by atomic mass is 35.5. The maximum absolute atomic E-state index is 12.9. The molecule has 0 radical (unpaired) electrons. The lowest BCUT2D eigenvalue weighted by molar-refractivity contribution is 0.0569. The Labute approximate surface area is 179 Å². The van der Waals surface area contributed by atoms with E-state index in [1.807, 2.05) is 4.90 Å². The van der Waals surface area contributed by atoms with Gasteiger partial charge in [-0.3, -0.25) is 4.90 Å². The van der Waals surface area contributed by atoms with E-state index in [2.05, 4.69) is 0 Å². The average Bonchev–Trinajstić information content (AvgIpc) is 2.68. The summed E-state index contributed by atoms with van der Waals surface area (Å²) in [6.45, 7) is 1.82. The third-order valence-corrected chi connectivity index (χ3v) is 7.43. The number of β-amino-alcohol motifs (C(OH)–C–C–N with tert-alkyl or cyclic N) is 1. The van der Waals surface area contributed by atoms with Gasteiger partial charge in [0, 0.05) is 32.7 Å². The largest absolute Gasteiger partial charge is 0.491 e. The summed E-state index contributed by atoms with van der Waals surface area (Å²) in [6.07, 6.45) is -0.763. The van der Waals surface area contributed by atoms with Crippen LogP contribution in [0.3, 0.4) is 0 Å². The van der Waals surface area contributed by atoms with E-state index in [1.165, 1.54) is 40.7 Å². The highest BCUT2D eigenvalue weighted by Gasteiger charge is 2.32. The van der Waals surface area contributed by atoms with Crippen molar-refractivity contribution in [2.75, 3.05) is 39.3 Å². The molecule has 0 aromatic heterocycles. The Balaban J connectivity index is 1.51. The van der Waals surface area contributed by atoms with Gasteiger partial charge >= 0.3 is 0 Å². The maximum Gasteiger partial charge on any atom is 0.246 e. The molecule has 1 aliphatic heterocycles.